The van der Waals surface area contributed by atoms with Gasteiger partial charge in [-0.1, -0.05) is 0 Å². The predicted molar refractivity (Wildman–Crippen MR) is 71.4 cm³/mol. The normalized spacial score (nSPS) is 24.8. The molecule has 0 saturated carbocycles. The Morgan fingerprint density at radius 2 is 2.37 bits per heavy atom. The van der Waals surface area contributed by atoms with E-state index in [4.69, 9.17) is 10.5 Å². The Balaban J connectivity index is 2.09. The summed E-state index contributed by atoms with van der Waals surface area (Å²) in [5.41, 5.74) is 6.57. The van der Waals surface area contributed by atoms with Gasteiger partial charge in [-0.15, -0.1) is 0 Å². The summed E-state index contributed by atoms with van der Waals surface area (Å²) in [5, 5.41) is 4.31. The number of morpholine rings is 1. The van der Waals surface area contributed by atoms with Gasteiger partial charge in [0.05, 0.1) is 18.9 Å². The van der Waals surface area contributed by atoms with Gasteiger partial charge in [-0.05, 0) is 20.8 Å². The molecule has 0 bridgehead atoms. The molecule has 6 nitrogen and oxygen atoms in total. The van der Waals surface area contributed by atoms with Gasteiger partial charge in [0.25, 0.3) is 0 Å². The van der Waals surface area contributed by atoms with Crippen molar-refractivity contribution in [3.05, 3.63) is 18.0 Å². The van der Waals surface area contributed by atoms with Crippen molar-refractivity contribution in [2.45, 2.75) is 45.5 Å². The Bertz CT molecular complexity index is 444. The van der Waals surface area contributed by atoms with Gasteiger partial charge in [-0.2, -0.15) is 5.10 Å². The summed E-state index contributed by atoms with van der Waals surface area (Å²) >= 11 is 0. The first-order chi connectivity index (χ1) is 8.99. The molecule has 1 aliphatic rings. The second-order valence-electron chi connectivity index (χ2n) is 5.32. The number of aromatic nitrogens is 2. The van der Waals surface area contributed by atoms with Crippen LogP contribution in [0.4, 0.5) is 0 Å². The van der Waals surface area contributed by atoms with Crippen LogP contribution in [-0.2, 0) is 16.1 Å². The molecule has 0 radical (unpaired) electrons. The van der Waals surface area contributed by atoms with Gasteiger partial charge in [-0.3, -0.25) is 14.4 Å². The number of carbonyl (C=O) groups excluding carboxylic acids is 1. The molecule has 2 rings (SSSR count). The van der Waals surface area contributed by atoms with Gasteiger partial charge in [0, 0.05) is 30.9 Å². The fraction of sp³-hybridized carbons (Fsp3) is 0.692. The Hall–Kier alpha value is -1.40. The molecule has 1 aromatic heterocycles. The lowest BCUT2D eigenvalue weighted by Crippen LogP contribution is -2.56. The first kappa shape index (κ1) is 14.0. The SMILES string of the molecule is CC(C)n1cc(CN2CCO[C@H](C)[C@H]2C(N)=O)cn1. The minimum Gasteiger partial charge on any atom is -0.375 e. The summed E-state index contributed by atoms with van der Waals surface area (Å²) < 4.78 is 7.41. The maximum absolute atomic E-state index is 11.6. The van der Waals surface area contributed by atoms with Crippen molar-refractivity contribution in [1.82, 2.24) is 14.7 Å². The van der Waals surface area contributed by atoms with Crippen molar-refractivity contribution in [2.75, 3.05) is 13.2 Å². The van der Waals surface area contributed by atoms with E-state index in [-0.39, 0.29) is 18.1 Å². The molecule has 19 heavy (non-hydrogen) atoms. The second kappa shape index (κ2) is 5.71. The van der Waals surface area contributed by atoms with E-state index in [1.165, 1.54) is 0 Å². The van der Waals surface area contributed by atoms with Gasteiger partial charge < -0.3 is 10.5 Å². The highest BCUT2D eigenvalue weighted by molar-refractivity contribution is 5.80. The number of carbonyl (C=O) groups is 1. The van der Waals surface area contributed by atoms with E-state index < -0.39 is 0 Å². The Morgan fingerprint density at radius 1 is 1.63 bits per heavy atom. The summed E-state index contributed by atoms with van der Waals surface area (Å²) in [6.45, 7) is 8.07. The van der Waals surface area contributed by atoms with Gasteiger partial charge in [0.2, 0.25) is 5.91 Å². The fourth-order valence-corrected chi connectivity index (χ4v) is 2.45. The van der Waals surface area contributed by atoms with Crippen LogP contribution in [0.15, 0.2) is 12.4 Å². The molecule has 1 aliphatic heterocycles. The number of rotatable bonds is 4. The first-order valence-corrected chi connectivity index (χ1v) is 6.67. The van der Waals surface area contributed by atoms with Crippen molar-refractivity contribution in [3.63, 3.8) is 0 Å². The van der Waals surface area contributed by atoms with Gasteiger partial charge in [0.15, 0.2) is 0 Å². The van der Waals surface area contributed by atoms with Gasteiger partial charge in [-0.25, -0.2) is 0 Å². The minimum atomic E-state index is -0.365. The third-order valence-corrected chi connectivity index (χ3v) is 3.46. The first-order valence-electron chi connectivity index (χ1n) is 6.67. The summed E-state index contributed by atoms with van der Waals surface area (Å²) in [7, 11) is 0. The van der Waals surface area contributed by atoms with Crippen LogP contribution in [0.1, 0.15) is 32.4 Å². The number of hydrogen-bond donors (Lipinski definition) is 1. The van der Waals surface area contributed by atoms with Crippen LogP contribution in [0.5, 0.6) is 0 Å². The zero-order chi connectivity index (χ0) is 14.0. The highest BCUT2D eigenvalue weighted by Crippen LogP contribution is 2.17. The number of nitrogens with zero attached hydrogens (tertiary/aromatic N) is 3. The zero-order valence-corrected chi connectivity index (χ0v) is 11.7. The lowest BCUT2D eigenvalue weighted by molar-refractivity contribution is -0.136. The summed E-state index contributed by atoms with van der Waals surface area (Å²) in [6.07, 6.45) is 3.70. The highest BCUT2D eigenvalue weighted by atomic mass is 16.5. The smallest absolute Gasteiger partial charge is 0.237 e. The molecule has 2 atom stereocenters. The Morgan fingerprint density at radius 3 is 2.95 bits per heavy atom. The van der Waals surface area contributed by atoms with E-state index in [0.29, 0.717) is 25.7 Å². The van der Waals surface area contributed by atoms with Crippen LogP contribution in [0, 0.1) is 0 Å². The molecule has 0 spiro atoms. The Labute approximate surface area is 113 Å². The maximum atomic E-state index is 11.6. The lowest BCUT2D eigenvalue weighted by atomic mass is 10.1. The molecule has 1 fully saturated rings. The minimum absolute atomic E-state index is 0.161. The van der Waals surface area contributed by atoms with Crippen LogP contribution in [-0.4, -0.2) is 45.9 Å². The third-order valence-electron chi connectivity index (χ3n) is 3.46. The fourth-order valence-electron chi connectivity index (χ4n) is 2.45. The number of ether oxygens (including phenoxy) is 1. The van der Waals surface area contributed by atoms with Gasteiger partial charge in [0.1, 0.15) is 6.04 Å². The Kier molecular flexibility index (Phi) is 4.21. The molecule has 1 aromatic rings. The molecule has 6 heteroatoms. The van der Waals surface area contributed by atoms with Crippen LogP contribution in [0.3, 0.4) is 0 Å². The zero-order valence-electron chi connectivity index (χ0n) is 11.7. The van der Waals surface area contributed by atoms with E-state index in [1.54, 1.807) is 0 Å². The quantitative estimate of drug-likeness (QED) is 0.863. The van der Waals surface area contributed by atoms with Crippen molar-refractivity contribution >= 4 is 5.91 Å². The topological polar surface area (TPSA) is 73.4 Å². The van der Waals surface area contributed by atoms with Crippen molar-refractivity contribution in [2.24, 2.45) is 5.73 Å². The second-order valence-corrected chi connectivity index (χ2v) is 5.32. The average Bonchev–Trinajstić information content (AvgIpc) is 2.77. The molecule has 1 amide bonds. The number of nitrogens with two attached hydrogens (primary N) is 1. The predicted octanol–water partition coefficient (Wildman–Crippen LogP) is 0.539. The summed E-state index contributed by atoms with van der Waals surface area (Å²) in [6, 6.07) is -0.0274. The van der Waals surface area contributed by atoms with Gasteiger partial charge >= 0.3 is 0 Å². The maximum Gasteiger partial charge on any atom is 0.237 e. The van der Waals surface area contributed by atoms with Crippen molar-refractivity contribution in [3.8, 4) is 0 Å². The van der Waals surface area contributed by atoms with Crippen LogP contribution >= 0.6 is 0 Å². The molecule has 0 unspecified atom stereocenters. The van der Waals surface area contributed by atoms with E-state index in [0.717, 1.165) is 5.56 Å². The van der Waals surface area contributed by atoms with Crippen LogP contribution in [0.25, 0.3) is 0 Å². The highest BCUT2D eigenvalue weighted by Gasteiger charge is 2.33. The number of primary amides is 1. The van der Waals surface area contributed by atoms with E-state index in [2.05, 4.69) is 23.8 Å². The monoisotopic (exact) mass is 266 g/mol. The molecule has 106 valence electrons. The molecular formula is C13H22N4O2. The van der Waals surface area contributed by atoms with Crippen LogP contribution in [0.2, 0.25) is 0 Å². The molecule has 1 saturated heterocycles. The van der Waals surface area contributed by atoms with E-state index in [9.17, 15) is 4.79 Å². The summed E-state index contributed by atoms with van der Waals surface area (Å²) in [4.78, 5) is 13.6. The molecule has 2 heterocycles. The van der Waals surface area contributed by atoms with Crippen LogP contribution < -0.4 is 5.73 Å². The van der Waals surface area contributed by atoms with Crippen molar-refractivity contribution < 1.29 is 9.53 Å². The molecule has 0 aliphatic carbocycles. The molecular weight excluding hydrogens is 244 g/mol. The van der Waals surface area contributed by atoms with E-state index >= 15 is 0 Å². The standard InChI is InChI=1S/C13H22N4O2/c1-9(2)17-8-11(6-15-17)7-16-4-5-19-10(3)12(16)13(14)18/h6,8-10,12H,4-5,7H2,1-3H3,(H2,14,18)/t10-,12+/m1/s1. The largest absolute Gasteiger partial charge is 0.375 e. The number of hydrogen-bond acceptors (Lipinski definition) is 4. The molecule has 2 N–H and O–H groups in total. The lowest BCUT2D eigenvalue weighted by Gasteiger charge is -2.37. The summed E-state index contributed by atoms with van der Waals surface area (Å²) in [5.74, 6) is -0.330. The van der Waals surface area contributed by atoms with Crippen molar-refractivity contribution in [1.29, 1.82) is 0 Å². The van der Waals surface area contributed by atoms with E-state index in [1.807, 2.05) is 24.0 Å². The third kappa shape index (κ3) is 3.13. The number of amides is 1. The molecule has 0 aromatic carbocycles. The average molecular weight is 266 g/mol.